The quantitative estimate of drug-likeness (QED) is 0.581. The minimum atomic E-state index is -1.10. The van der Waals surface area contributed by atoms with E-state index in [1.54, 1.807) is 24.3 Å². The molecule has 3 rings (SSSR count). The third-order valence-corrected chi connectivity index (χ3v) is 4.42. The molecule has 0 saturated carbocycles. The van der Waals surface area contributed by atoms with Crippen molar-refractivity contribution in [2.75, 3.05) is 4.90 Å². The Kier molecular flexibility index (Phi) is 5.68. The SMILES string of the molecule is Cc1cc(C)cc(N2C(=O)NC(=O)/C(=C\c3ccc(O[C@@H](C)C(=O)O)cc3)C2=O)c1. The maximum absolute atomic E-state index is 12.9. The van der Waals surface area contributed by atoms with Gasteiger partial charge in [0.25, 0.3) is 11.8 Å². The zero-order valence-corrected chi connectivity index (χ0v) is 16.6. The predicted molar refractivity (Wildman–Crippen MR) is 109 cm³/mol. The number of urea groups is 1. The fraction of sp³-hybridized carbons (Fsp3) is 0.182. The van der Waals surface area contributed by atoms with Gasteiger partial charge in [0.2, 0.25) is 0 Å². The van der Waals surface area contributed by atoms with Crippen LogP contribution in [-0.4, -0.2) is 35.0 Å². The van der Waals surface area contributed by atoms with E-state index < -0.39 is 29.9 Å². The molecule has 1 aliphatic rings. The van der Waals surface area contributed by atoms with Gasteiger partial charge in [0.15, 0.2) is 6.10 Å². The molecule has 0 aromatic heterocycles. The molecule has 0 bridgehead atoms. The molecule has 1 saturated heterocycles. The highest BCUT2D eigenvalue weighted by atomic mass is 16.5. The van der Waals surface area contributed by atoms with E-state index in [4.69, 9.17) is 9.84 Å². The summed E-state index contributed by atoms with van der Waals surface area (Å²) in [6.07, 6.45) is 0.349. The maximum Gasteiger partial charge on any atom is 0.344 e. The number of hydrogen-bond acceptors (Lipinski definition) is 5. The zero-order chi connectivity index (χ0) is 22.0. The van der Waals surface area contributed by atoms with Crippen LogP contribution in [0.2, 0.25) is 0 Å². The van der Waals surface area contributed by atoms with Crippen LogP contribution < -0.4 is 15.0 Å². The number of nitrogens with zero attached hydrogens (tertiary/aromatic N) is 1. The van der Waals surface area contributed by atoms with Crippen molar-refractivity contribution in [2.24, 2.45) is 0 Å². The fourth-order valence-electron chi connectivity index (χ4n) is 3.04. The van der Waals surface area contributed by atoms with Crippen LogP contribution in [0.15, 0.2) is 48.0 Å². The van der Waals surface area contributed by atoms with Gasteiger partial charge in [0, 0.05) is 0 Å². The van der Waals surface area contributed by atoms with Crippen molar-refractivity contribution in [3.8, 4) is 5.75 Å². The normalized spacial score (nSPS) is 16.4. The molecule has 2 aromatic carbocycles. The number of rotatable bonds is 5. The van der Waals surface area contributed by atoms with Crippen molar-refractivity contribution in [1.82, 2.24) is 5.32 Å². The molecule has 2 aromatic rings. The van der Waals surface area contributed by atoms with E-state index in [-0.39, 0.29) is 5.57 Å². The summed E-state index contributed by atoms with van der Waals surface area (Å²) < 4.78 is 5.25. The lowest BCUT2D eigenvalue weighted by atomic mass is 10.1. The van der Waals surface area contributed by atoms with Gasteiger partial charge < -0.3 is 9.84 Å². The first kappa shape index (κ1) is 20.8. The summed E-state index contributed by atoms with van der Waals surface area (Å²) in [5.74, 6) is -2.28. The number of anilines is 1. The number of carbonyl (C=O) groups is 4. The summed E-state index contributed by atoms with van der Waals surface area (Å²) in [6.45, 7) is 5.10. The number of amides is 4. The third kappa shape index (κ3) is 4.38. The second kappa shape index (κ2) is 8.20. The summed E-state index contributed by atoms with van der Waals surface area (Å²) in [6, 6.07) is 10.7. The topological polar surface area (TPSA) is 113 Å². The van der Waals surface area contributed by atoms with E-state index in [9.17, 15) is 19.2 Å². The lowest BCUT2D eigenvalue weighted by molar-refractivity contribution is -0.144. The van der Waals surface area contributed by atoms with Crippen LogP contribution in [0.25, 0.3) is 6.08 Å². The smallest absolute Gasteiger partial charge is 0.344 e. The highest BCUT2D eigenvalue weighted by Gasteiger charge is 2.36. The van der Waals surface area contributed by atoms with Crippen molar-refractivity contribution in [1.29, 1.82) is 0 Å². The second-order valence-electron chi connectivity index (χ2n) is 6.97. The molecule has 1 aliphatic heterocycles. The largest absolute Gasteiger partial charge is 0.479 e. The number of carbonyl (C=O) groups excluding carboxylic acids is 3. The Morgan fingerprint density at radius 3 is 2.23 bits per heavy atom. The van der Waals surface area contributed by atoms with Crippen molar-refractivity contribution in [3.63, 3.8) is 0 Å². The first-order valence-electron chi connectivity index (χ1n) is 9.15. The summed E-state index contributed by atoms with van der Waals surface area (Å²) in [4.78, 5) is 49.3. The van der Waals surface area contributed by atoms with E-state index in [0.29, 0.717) is 17.0 Å². The number of ether oxygens (including phenoxy) is 1. The van der Waals surface area contributed by atoms with Crippen molar-refractivity contribution >= 4 is 35.6 Å². The maximum atomic E-state index is 12.9. The minimum absolute atomic E-state index is 0.193. The van der Waals surface area contributed by atoms with Crippen molar-refractivity contribution in [2.45, 2.75) is 26.9 Å². The van der Waals surface area contributed by atoms with Gasteiger partial charge in [-0.05, 0) is 67.8 Å². The Morgan fingerprint density at radius 1 is 1.07 bits per heavy atom. The monoisotopic (exact) mass is 408 g/mol. The molecule has 8 nitrogen and oxygen atoms in total. The van der Waals surface area contributed by atoms with Crippen LogP contribution in [0.5, 0.6) is 5.75 Å². The number of nitrogens with one attached hydrogen (secondary N) is 1. The van der Waals surface area contributed by atoms with Gasteiger partial charge in [-0.15, -0.1) is 0 Å². The third-order valence-electron chi connectivity index (χ3n) is 4.42. The van der Waals surface area contributed by atoms with Gasteiger partial charge in [-0.25, -0.2) is 14.5 Å². The van der Waals surface area contributed by atoms with Crippen molar-refractivity contribution in [3.05, 3.63) is 64.7 Å². The molecule has 0 radical (unpaired) electrons. The van der Waals surface area contributed by atoms with Gasteiger partial charge >= 0.3 is 12.0 Å². The summed E-state index contributed by atoms with van der Waals surface area (Å²) in [5, 5.41) is 11.1. The molecule has 1 heterocycles. The Bertz CT molecular complexity index is 1050. The lowest BCUT2D eigenvalue weighted by Gasteiger charge is -2.27. The van der Waals surface area contributed by atoms with Gasteiger partial charge in [0.05, 0.1) is 5.69 Å². The molecule has 4 amide bonds. The highest BCUT2D eigenvalue weighted by molar-refractivity contribution is 6.39. The zero-order valence-electron chi connectivity index (χ0n) is 16.6. The highest BCUT2D eigenvalue weighted by Crippen LogP contribution is 2.24. The molecule has 154 valence electrons. The summed E-state index contributed by atoms with van der Waals surface area (Å²) in [7, 11) is 0. The number of benzene rings is 2. The Morgan fingerprint density at radius 2 is 1.67 bits per heavy atom. The predicted octanol–water partition coefficient (Wildman–Crippen LogP) is 2.82. The van der Waals surface area contributed by atoms with Crippen LogP contribution in [0.4, 0.5) is 10.5 Å². The molecule has 8 heteroatoms. The lowest BCUT2D eigenvalue weighted by Crippen LogP contribution is -2.54. The summed E-state index contributed by atoms with van der Waals surface area (Å²) >= 11 is 0. The number of aryl methyl sites for hydroxylation is 2. The van der Waals surface area contributed by atoms with Crippen LogP contribution in [0.1, 0.15) is 23.6 Å². The van der Waals surface area contributed by atoms with E-state index in [2.05, 4.69) is 5.32 Å². The Labute approximate surface area is 172 Å². The number of aliphatic carboxylic acids is 1. The second-order valence-corrected chi connectivity index (χ2v) is 6.97. The van der Waals surface area contributed by atoms with Gasteiger partial charge in [0.1, 0.15) is 11.3 Å². The Hall–Kier alpha value is -3.94. The minimum Gasteiger partial charge on any atom is -0.479 e. The molecule has 1 atom stereocenters. The standard InChI is InChI=1S/C22H20N2O6/c1-12-8-13(2)10-16(9-12)24-20(26)18(19(25)23-22(24)29)11-15-4-6-17(7-5-15)30-14(3)21(27)28/h4-11,14H,1-3H3,(H,27,28)(H,23,25,29)/b18-11+/t14-/m0/s1. The van der Waals surface area contributed by atoms with Gasteiger partial charge in [-0.1, -0.05) is 18.2 Å². The van der Waals surface area contributed by atoms with E-state index in [0.717, 1.165) is 16.0 Å². The first-order valence-corrected chi connectivity index (χ1v) is 9.15. The molecule has 0 spiro atoms. The number of barbiturate groups is 1. The fourth-order valence-corrected chi connectivity index (χ4v) is 3.04. The first-order chi connectivity index (χ1) is 14.2. The number of carboxylic acids is 1. The van der Waals surface area contributed by atoms with Crippen LogP contribution >= 0.6 is 0 Å². The number of imide groups is 2. The van der Waals surface area contributed by atoms with Gasteiger partial charge in [-0.3, -0.25) is 14.9 Å². The van der Waals surface area contributed by atoms with E-state index in [1.807, 2.05) is 19.9 Å². The average molecular weight is 408 g/mol. The van der Waals surface area contributed by atoms with Crippen LogP contribution in [0.3, 0.4) is 0 Å². The van der Waals surface area contributed by atoms with E-state index in [1.165, 1.54) is 25.1 Å². The average Bonchev–Trinajstić information content (AvgIpc) is 2.65. The number of carboxylic acid groups (broad SMARTS) is 1. The Balaban J connectivity index is 1.90. The number of hydrogen-bond donors (Lipinski definition) is 2. The molecule has 30 heavy (non-hydrogen) atoms. The summed E-state index contributed by atoms with van der Waals surface area (Å²) in [5.41, 5.74) is 2.44. The molecule has 1 fully saturated rings. The molecular weight excluding hydrogens is 388 g/mol. The van der Waals surface area contributed by atoms with E-state index >= 15 is 0 Å². The van der Waals surface area contributed by atoms with Crippen LogP contribution in [-0.2, 0) is 14.4 Å². The molecule has 2 N–H and O–H groups in total. The van der Waals surface area contributed by atoms with Crippen LogP contribution in [0, 0.1) is 13.8 Å². The molecular formula is C22H20N2O6. The van der Waals surface area contributed by atoms with Gasteiger partial charge in [-0.2, -0.15) is 0 Å². The molecule has 0 unspecified atom stereocenters. The molecule has 0 aliphatic carbocycles. The van der Waals surface area contributed by atoms with Crippen molar-refractivity contribution < 1.29 is 29.0 Å².